The third-order valence-electron chi connectivity index (χ3n) is 5.59. The first-order valence-electron chi connectivity index (χ1n) is 11.3. The molecule has 0 bridgehead atoms. The number of piperazine rings is 1. The highest BCUT2D eigenvalue weighted by molar-refractivity contribution is 5.96. The lowest BCUT2D eigenvalue weighted by molar-refractivity contribution is 0.0240. The van der Waals surface area contributed by atoms with Gasteiger partial charge in [-0.25, -0.2) is 9.78 Å². The fourth-order valence-electron chi connectivity index (χ4n) is 3.83. The Morgan fingerprint density at radius 2 is 1.82 bits per heavy atom. The summed E-state index contributed by atoms with van der Waals surface area (Å²) in [6, 6.07) is 12.1. The molecular formula is C25H31N5O3. The van der Waals surface area contributed by atoms with Crippen LogP contribution < -0.4 is 10.2 Å². The molecule has 174 valence electrons. The van der Waals surface area contributed by atoms with Crippen LogP contribution in [0.1, 0.15) is 36.7 Å². The molecule has 4 rings (SSSR count). The zero-order chi connectivity index (χ0) is 23.4. The second-order valence-corrected chi connectivity index (χ2v) is 9.27. The summed E-state index contributed by atoms with van der Waals surface area (Å²) in [5, 5.41) is 3.89. The summed E-state index contributed by atoms with van der Waals surface area (Å²) in [4.78, 5) is 36.0. The molecular weight excluding hydrogens is 418 g/mol. The highest BCUT2D eigenvalue weighted by Crippen LogP contribution is 2.19. The van der Waals surface area contributed by atoms with E-state index in [9.17, 15) is 9.59 Å². The zero-order valence-electron chi connectivity index (χ0n) is 19.4. The van der Waals surface area contributed by atoms with E-state index in [-0.39, 0.29) is 12.0 Å². The molecule has 1 saturated heterocycles. The van der Waals surface area contributed by atoms with Gasteiger partial charge in [0.1, 0.15) is 11.2 Å². The van der Waals surface area contributed by atoms with E-state index in [1.54, 1.807) is 11.1 Å². The number of amides is 2. The number of pyridine rings is 1. The van der Waals surface area contributed by atoms with E-state index in [0.29, 0.717) is 25.2 Å². The summed E-state index contributed by atoms with van der Waals surface area (Å²) in [6.45, 7) is 9.04. The van der Waals surface area contributed by atoms with E-state index in [4.69, 9.17) is 4.74 Å². The van der Waals surface area contributed by atoms with Crippen molar-refractivity contribution in [1.29, 1.82) is 0 Å². The standard InChI is InChI=1S/C25H31N5O3/c1-25(2,3)33-24(32)30-14-12-29(13-15-30)21-6-4-18(5-7-21)8-10-27-23(31)20-16-19-9-11-26-22(19)28-17-20/h4-7,9,11,16-17H,8,10,12-15H2,1-3H3,(H,26,28)(H,27,31). The molecule has 1 aliphatic rings. The number of aromatic amines is 1. The number of carbonyl (C=O) groups excluding carboxylic acids is 2. The number of hydrogen-bond acceptors (Lipinski definition) is 5. The van der Waals surface area contributed by atoms with Crippen LogP contribution in [0.5, 0.6) is 0 Å². The lowest BCUT2D eigenvalue weighted by Crippen LogP contribution is -2.50. The van der Waals surface area contributed by atoms with Crippen LogP contribution in [0.4, 0.5) is 10.5 Å². The summed E-state index contributed by atoms with van der Waals surface area (Å²) in [6.07, 6.45) is 3.90. The van der Waals surface area contributed by atoms with Crippen molar-refractivity contribution in [3.8, 4) is 0 Å². The van der Waals surface area contributed by atoms with Crippen molar-refractivity contribution in [2.75, 3.05) is 37.6 Å². The van der Waals surface area contributed by atoms with Gasteiger partial charge in [0.2, 0.25) is 0 Å². The molecule has 0 aliphatic carbocycles. The SMILES string of the molecule is CC(C)(C)OC(=O)N1CCN(c2ccc(CCNC(=O)c3cnc4[nH]ccc4c3)cc2)CC1. The zero-order valence-corrected chi connectivity index (χ0v) is 19.4. The van der Waals surface area contributed by atoms with Gasteiger partial charge in [0, 0.05) is 56.2 Å². The van der Waals surface area contributed by atoms with Gasteiger partial charge in [-0.05, 0) is 57.0 Å². The van der Waals surface area contributed by atoms with E-state index in [0.717, 1.165) is 41.8 Å². The third-order valence-corrected chi connectivity index (χ3v) is 5.59. The van der Waals surface area contributed by atoms with Crippen LogP contribution in [-0.2, 0) is 11.2 Å². The highest BCUT2D eigenvalue weighted by atomic mass is 16.6. The molecule has 2 amide bonds. The van der Waals surface area contributed by atoms with Gasteiger partial charge in [-0.1, -0.05) is 12.1 Å². The van der Waals surface area contributed by atoms with E-state index < -0.39 is 5.60 Å². The molecule has 1 aromatic carbocycles. The van der Waals surface area contributed by atoms with Crippen LogP contribution in [0, 0.1) is 0 Å². The fraction of sp³-hybridized carbons (Fsp3) is 0.400. The number of benzene rings is 1. The number of H-pyrrole nitrogens is 1. The van der Waals surface area contributed by atoms with Gasteiger partial charge in [-0.2, -0.15) is 0 Å². The number of rotatable bonds is 5. The number of nitrogens with one attached hydrogen (secondary N) is 2. The quantitative estimate of drug-likeness (QED) is 0.621. The van der Waals surface area contributed by atoms with Crippen molar-refractivity contribution in [2.45, 2.75) is 32.8 Å². The average molecular weight is 450 g/mol. The maximum absolute atomic E-state index is 12.4. The smallest absolute Gasteiger partial charge is 0.410 e. The Morgan fingerprint density at radius 3 is 2.52 bits per heavy atom. The topological polar surface area (TPSA) is 90.6 Å². The molecule has 8 heteroatoms. The molecule has 2 N–H and O–H groups in total. The van der Waals surface area contributed by atoms with Crippen LogP contribution in [-0.4, -0.2) is 65.2 Å². The maximum atomic E-state index is 12.4. The summed E-state index contributed by atoms with van der Waals surface area (Å²) >= 11 is 0. The predicted molar refractivity (Wildman–Crippen MR) is 129 cm³/mol. The molecule has 0 spiro atoms. The van der Waals surface area contributed by atoms with Crippen molar-refractivity contribution in [3.05, 3.63) is 59.9 Å². The van der Waals surface area contributed by atoms with Crippen LogP contribution in [0.3, 0.4) is 0 Å². The van der Waals surface area contributed by atoms with Crippen molar-refractivity contribution >= 4 is 28.7 Å². The molecule has 33 heavy (non-hydrogen) atoms. The molecule has 1 aliphatic heterocycles. The van der Waals surface area contributed by atoms with Gasteiger partial charge in [-0.15, -0.1) is 0 Å². The Balaban J connectivity index is 1.23. The summed E-state index contributed by atoms with van der Waals surface area (Å²) in [7, 11) is 0. The Labute approximate surface area is 193 Å². The minimum absolute atomic E-state index is 0.120. The van der Waals surface area contributed by atoms with E-state index in [1.165, 1.54) is 0 Å². The number of aromatic nitrogens is 2. The Bertz CT molecular complexity index is 1110. The summed E-state index contributed by atoms with van der Waals surface area (Å²) in [5.41, 5.74) is 3.15. The summed E-state index contributed by atoms with van der Waals surface area (Å²) in [5.74, 6) is -0.120. The first kappa shape index (κ1) is 22.6. The van der Waals surface area contributed by atoms with Crippen molar-refractivity contribution in [3.63, 3.8) is 0 Å². The number of nitrogens with zero attached hydrogens (tertiary/aromatic N) is 3. The number of anilines is 1. The highest BCUT2D eigenvalue weighted by Gasteiger charge is 2.25. The van der Waals surface area contributed by atoms with E-state index >= 15 is 0 Å². The number of hydrogen-bond donors (Lipinski definition) is 2. The van der Waals surface area contributed by atoms with E-state index in [2.05, 4.69) is 44.5 Å². The minimum Gasteiger partial charge on any atom is -0.444 e. The second-order valence-electron chi connectivity index (χ2n) is 9.27. The first-order chi connectivity index (χ1) is 15.8. The van der Waals surface area contributed by atoms with Gasteiger partial charge in [-0.3, -0.25) is 4.79 Å². The largest absolute Gasteiger partial charge is 0.444 e. The van der Waals surface area contributed by atoms with Gasteiger partial charge in [0.25, 0.3) is 5.91 Å². The molecule has 3 heterocycles. The van der Waals surface area contributed by atoms with Gasteiger partial charge in [0.05, 0.1) is 5.56 Å². The number of carbonyl (C=O) groups is 2. The minimum atomic E-state index is -0.476. The van der Waals surface area contributed by atoms with Crippen LogP contribution in [0.25, 0.3) is 11.0 Å². The second kappa shape index (κ2) is 9.52. The molecule has 8 nitrogen and oxygen atoms in total. The lowest BCUT2D eigenvalue weighted by Gasteiger charge is -2.36. The normalized spacial score (nSPS) is 14.4. The van der Waals surface area contributed by atoms with Gasteiger partial charge < -0.3 is 24.8 Å². The Morgan fingerprint density at radius 1 is 1.09 bits per heavy atom. The monoisotopic (exact) mass is 449 g/mol. The Kier molecular flexibility index (Phi) is 6.53. The van der Waals surface area contributed by atoms with Crippen LogP contribution in [0.15, 0.2) is 48.8 Å². The first-order valence-corrected chi connectivity index (χ1v) is 11.3. The third kappa shape index (κ3) is 5.83. The van der Waals surface area contributed by atoms with Gasteiger partial charge in [0.15, 0.2) is 0 Å². The molecule has 3 aromatic rings. The summed E-state index contributed by atoms with van der Waals surface area (Å²) < 4.78 is 5.47. The van der Waals surface area contributed by atoms with Crippen molar-refractivity contribution in [2.24, 2.45) is 0 Å². The number of fused-ring (bicyclic) bond motifs is 1. The Hall–Kier alpha value is -3.55. The van der Waals surface area contributed by atoms with Crippen LogP contribution in [0.2, 0.25) is 0 Å². The van der Waals surface area contributed by atoms with Crippen LogP contribution >= 0.6 is 0 Å². The maximum Gasteiger partial charge on any atom is 0.410 e. The molecule has 0 radical (unpaired) electrons. The average Bonchev–Trinajstić information content (AvgIpc) is 3.26. The molecule has 1 fully saturated rings. The van der Waals surface area contributed by atoms with Crippen molar-refractivity contribution in [1.82, 2.24) is 20.2 Å². The lowest BCUT2D eigenvalue weighted by atomic mass is 10.1. The predicted octanol–water partition coefficient (Wildman–Crippen LogP) is 3.59. The molecule has 0 saturated carbocycles. The van der Waals surface area contributed by atoms with Gasteiger partial charge >= 0.3 is 6.09 Å². The molecule has 2 aromatic heterocycles. The molecule has 0 unspecified atom stereocenters. The number of ether oxygens (including phenoxy) is 1. The fourth-order valence-corrected chi connectivity index (χ4v) is 3.83. The molecule has 0 atom stereocenters. The van der Waals surface area contributed by atoms with E-state index in [1.807, 2.05) is 39.1 Å². The van der Waals surface area contributed by atoms with Crippen molar-refractivity contribution < 1.29 is 14.3 Å².